The second kappa shape index (κ2) is 6.12. The highest BCUT2D eigenvalue weighted by Crippen LogP contribution is 2.39. The van der Waals surface area contributed by atoms with Gasteiger partial charge in [-0.15, -0.1) is 0 Å². The van der Waals surface area contributed by atoms with Crippen LogP contribution in [0.2, 0.25) is 0 Å². The van der Waals surface area contributed by atoms with E-state index < -0.39 is 10.0 Å². The number of benzene rings is 1. The van der Waals surface area contributed by atoms with Crippen molar-refractivity contribution < 1.29 is 13.2 Å². The van der Waals surface area contributed by atoms with Gasteiger partial charge in [0, 0.05) is 19.3 Å². The normalized spacial score (nSPS) is 16.0. The molecule has 1 aliphatic carbocycles. The zero-order valence-electron chi connectivity index (χ0n) is 14.4. The summed E-state index contributed by atoms with van der Waals surface area (Å²) in [7, 11) is -0.334. The molecule has 1 saturated carbocycles. The first-order valence-corrected chi connectivity index (χ1v) is 9.47. The molecule has 0 spiro atoms. The van der Waals surface area contributed by atoms with Gasteiger partial charge in [-0.25, -0.2) is 4.98 Å². The fraction of sp³-hybridized carbons (Fsp3) is 0.471. The lowest BCUT2D eigenvalue weighted by atomic mass is 10.2. The Hall–Kier alpha value is -2.02. The maximum atomic E-state index is 13.2. The zero-order chi connectivity index (χ0) is 17.5. The summed E-state index contributed by atoms with van der Waals surface area (Å²) in [5, 5.41) is 0.0887. The van der Waals surface area contributed by atoms with Gasteiger partial charge in [-0.1, -0.05) is 0 Å². The number of sulfonamides is 1. The van der Waals surface area contributed by atoms with Crippen LogP contribution in [0.15, 0.2) is 35.5 Å². The van der Waals surface area contributed by atoms with E-state index in [9.17, 15) is 8.42 Å². The highest BCUT2D eigenvalue weighted by Gasteiger charge is 2.39. The summed E-state index contributed by atoms with van der Waals surface area (Å²) in [6, 6.07) is 7.02. The minimum absolute atomic E-state index is 0.0887. The van der Waals surface area contributed by atoms with Crippen LogP contribution in [-0.2, 0) is 17.1 Å². The van der Waals surface area contributed by atoms with Crippen molar-refractivity contribution in [1.29, 1.82) is 0 Å². The lowest BCUT2D eigenvalue weighted by Crippen LogP contribution is -2.40. The van der Waals surface area contributed by atoms with Crippen molar-refractivity contribution in [3.63, 3.8) is 0 Å². The molecule has 130 valence electrons. The van der Waals surface area contributed by atoms with Gasteiger partial charge in [0.25, 0.3) is 10.0 Å². The number of ether oxygens (including phenoxy) is 1. The van der Waals surface area contributed by atoms with Gasteiger partial charge in [0.05, 0.1) is 12.8 Å². The number of aromatic nitrogens is 2. The third-order valence-corrected chi connectivity index (χ3v) is 6.40. The highest BCUT2D eigenvalue weighted by molar-refractivity contribution is 7.92. The molecule has 0 saturated heterocycles. The molecular formula is C17H23N3O3S. The van der Waals surface area contributed by atoms with Gasteiger partial charge in [-0.05, 0) is 56.9 Å². The average molecular weight is 349 g/mol. The van der Waals surface area contributed by atoms with Crippen molar-refractivity contribution in [2.45, 2.75) is 37.8 Å². The van der Waals surface area contributed by atoms with E-state index in [0.717, 1.165) is 12.8 Å². The van der Waals surface area contributed by atoms with Crippen LogP contribution < -0.4 is 9.04 Å². The average Bonchev–Trinajstić information content (AvgIpc) is 3.34. The first-order chi connectivity index (χ1) is 11.3. The molecule has 1 atom stereocenters. The summed E-state index contributed by atoms with van der Waals surface area (Å²) < 4.78 is 34.9. The number of aryl methyl sites for hydroxylation is 2. The molecule has 1 unspecified atom stereocenters. The Kier molecular flexibility index (Phi) is 4.29. The van der Waals surface area contributed by atoms with Crippen molar-refractivity contribution in [2.24, 2.45) is 13.0 Å². The minimum atomic E-state index is -3.72. The number of hydrogen-bond acceptors (Lipinski definition) is 4. The number of hydrogen-bond donors (Lipinski definition) is 0. The van der Waals surface area contributed by atoms with Gasteiger partial charge in [0.2, 0.25) is 0 Å². The molecule has 0 radical (unpaired) electrons. The molecule has 2 aromatic rings. The summed E-state index contributed by atoms with van der Waals surface area (Å²) in [5.41, 5.74) is 0.638. The SMILES string of the molecule is COc1ccc(N(C(C)C2CC2)S(=O)(=O)c2cn(C)c(C)n2)cc1. The van der Waals surface area contributed by atoms with Gasteiger partial charge in [0.15, 0.2) is 5.03 Å². The maximum Gasteiger partial charge on any atom is 0.283 e. The lowest BCUT2D eigenvalue weighted by molar-refractivity contribution is 0.415. The van der Waals surface area contributed by atoms with E-state index in [4.69, 9.17) is 4.74 Å². The Balaban J connectivity index is 2.06. The first kappa shape index (κ1) is 16.8. The highest BCUT2D eigenvalue weighted by atomic mass is 32.2. The summed E-state index contributed by atoms with van der Waals surface area (Å²) in [6.45, 7) is 3.76. The van der Waals surface area contributed by atoms with E-state index >= 15 is 0 Å². The van der Waals surface area contributed by atoms with Crippen molar-refractivity contribution in [3.8, 4) is 5.75 Å². The molecule has 0 aliphatic heterocycles. The maximum absolute atomic E-state index is 13.2. The van der Waals surface area contributed by atoms with E-state index in [1.54, 1.807) is 56.1 Å². The number of rotatable bonds is 6. The van der Waals surface area contributed by atoms with Crippen molar-refractivity contribution in [2.75, 3.05) is 11.4 Å². The number of methoxy groups -OCH3 is 1. The van der Waals surface area contributed by atoms with Crippen LogP contribution in [-0.4, -0.2) is 31.1 Å². The van der Waals surface area contributed by atoms with Crippen LogP contribution >= 0.6 is 0 Å². The molecule has 1 aromatic heterocycles. The van der Waals surface area contributed by atoms with Crippen LogP contribution in [0, 0.1) is 12.8 Å². The third-order valence-electron chi connectivity index (χ3n) is 4.61. The van der Waals surface area contributed by atoms with Crippen LogP contribution in [0.25, 0.3) is 0 Å². The Morgan fingerprint density at radius 3 is 2.38 bits per heavy atom. The fourth-order valence-electron chi connectivity index (χ4n) is 2.84. The first-order valence-electron chi connectivity index (χ1n) is 8.03. The lowest BCUT2D eigenvalue weighted by Gasteiger charge is -2.30. The Labute approximate surface area is 143 Å². The molecule has 1 heterocycles. The van der Waals surface area contributed by atoms with Gasteiger partial charge < -0.3 is 9.30 Å². The fourth-order valence-corrected chi connectivity index (χ4v) is 4.59. The monoisotopic (exact) mass is 349 g/mol. The van der Waals surface area contributed by atoms with Gasteiger partial charge >= 0.3 is 0 Å². The summed E-state index contributed by atoms with van der Waals surface area (Å²) >= 11 is 0. The van der Waals surface area contributed by atoms with E-state index in [0.29, 0.717) is 23.2 Å². The molecule has 0 bridgehead atoms. The second-order valence-corrected chi connectivity index (χ2v) is 8.08. The van der Waals surface area contributed by atoms with Crippen molar-refractivity contribution >= 4 is 15.7 Å². The Morgan fingerprint density at radius 2 is 1.92 bits per heavy atom. The largest absolute Gasteiger partial charge is 0.497 e. The zero-order valence-corrected chi connectivity index (χ0v) is 15.2. The quantitative estimate of drug-likeness (QED) is 0.804. The topological polar surface area (TPSA) is 64.4 Å². The molecule has 1 aromatic carbocycles. The van der Waals surface area contributed by atoms with Crippen molar-refractivity contribution in [1.82, 2.24) is 9.55 Å². The smallest absolute Gasteiger partial charge is 0.283 e. The molecule has 0 amide bonds. The van der Waals surface area contributed by atoms with Crippen LogP contribution in [0.3, 0.4) is 0 Å². The van der Waals surface area contributed by atoms with Crippen LogP contribution in [0.1, 0.15) is 25.6 Å². The number of nitrogens with zero attached hydrogens (tertiary/aromatic N) is 3. The van der Waals surface area contributed by atoms with E-state index in [-0.39, 0.29) is 11.1 Å². The minimum Gasteiger partial charge on any atom is -0.497 e. The molecule has 1 aliphatic rings. The predicted molar refractivity (Wildman–Crippen MR) is 92.8 cm³/mol. The van der Waals surface area contributed by atoms with Gasteiger partial charge in [-0.3, -0.25) is 4.31 Å². The van der Waals surface area contributed by atoms with Crippen molar-refractivity contribution in [3.05, 3.63) is 36.3 Å². The van der Waals surface area contributed by atoms with Gasteiger partial charge in [0.1, 0.15) is 11.6 Å². The van der Waals surface area contributed by atoms with Gasteiger partial charge in [-0.2, -0.15) is 8.42 Å². The molecular weight excluding hydrogens is 326 g/mol. The predicted octanol–water partition coefficient (Wildman–Crippen LogP) is 2.73. The summed E-state index contributed by atoms with van der Waals surface area (Å²) in [6.07, 6.45) is 3.69. The number of anilines is 1. The molecule has 24 heavy (non-hydrogen) atoms. The van der Waals surface area contributed by atoms with Crippen LogP contribution in [0.5, 0.6) is 5.75 Å². The Bertz CT molecular complexity index is 804. The second-order valence-electron chi connectivity index (χ2n) is 6.31. The Morgan fingerprint density at radius 1 is 1.29 bits per heavy atom. The molecule has 1 fully saturated rings. The summed E-state index contributed by atoms with van der Waals surface area (Å²) in [4.78, 5) is 4.23. The molecule has 7 heteroatoms. The van der Waals surface area contributed by atoms with E-state index in [2.05, 4.69) is 4.98 Å². The molecule has 6 nitrogen and oxygen atoms in total. The standard InChI is InChI=1S/C17H23N3O3S/c1-12(14-5-6-14)20(15-7-9-16(23-4)10-8-15)24(21,22)17-11-19(3)13(2)18-17/h7-12,14H,5-6H2,1-4H3. The van der Waals surface area contributed by atoms with E-state index in [1.165, 1.54) is 4.31 Å². The van der Waals surface area contributed by atoms with Crippen LogP contribution in [0.4, 0.5) is 5.69 Å². The summed E-state index contributed by atoms with van der Waals surface area (Å²) in [5.74, 6) is 1.76. The molecule has 0 N–H and O–H groups in total. The van der Waals surface area contributed by atoms with E-state index in [1.807, 2.05) is 6.92 Å². The number of imidazole rings is 1. The third kappa shape index (κ3) is 3.00. The molecule has 3 rings (SSSR count).